The van der Waals surface area contributed by atoms with Gasteiger partial charge in [-0.3, -0.25) is 15.4 Å². The van der Waals surface area contributed by atoms with Crippen LogP contribution in [0.4, 0.5) is 10.5 Å². The highest BCUT2D eigenvalue weighted by Crippen LogP contribution is 2.26. The first-order chi connectivity index (χ1) is 12.4. The molecule has 0 radical (unpaired) electrons. The van der Waals surface area contributed by atoms with E-state index in [4.69, 9.17) is 16.4 Å². The van der Waals surface area contributed by atoms with Gasteiger partial charge in [-0.05, 0) is 38.1 Å². The van der Waals surface area contributed by atoms with Crippen LogP contribution < -0.4 is 15.7 Å². The summed E-state index contributed by atoms with van der Waals surface area (Å²) < 4.78 is 0. The van der Waals surface area contributed by atoms with Crippen LogP contribution in [-0.2, 0) is 4.84 Å². The van der Waals surface area contributed by atoms with Crippen molar-refractivity contribution in [1.29, 1.82) is 0 Å². The van der Waals surface area contributed by atoms with Gasteiger partial charge in [-0.25, -0.2) is 14.6 Å². The third kappa shape index (κ3) is 4.01. The fourth-order valence-electron chi connectivity index (χ4n) is 2.35. The van der Waals surface area contributed by atoms with Crippen molar-refractivity contribution in [2.45, 2.75) is 19.6 Å². The summed E-state index contributed by atoms with van der Waals surface area (Å²) in [6, 6.07) is 14.9. The minimum atomic E-state index is -0.856. The zero-order chi connectivity index (χ0) is 18.7. The summed E-state index contributed by atoms with van der Waals surface area (Å²) in [7, 11) is 0. The molecule has 2 N–H and O–H groups in total. The zero-order valence-corrected chi connectivity index (χ0v) is 14.9. The van der Waals surface area contributed by atoms with Gasteiger partial charge in [0.2, 0.25) is 5.96 Å². The van der Waals surface area contributed by atoms with Crippen LogP contribution in [0.5, 0.6) is 0 Å². The first-order valence-corrected chi connectivity index (χ1v) is 8.24. The number of nitrogens with zero attached hydrogens (tertiary/aromatic N) is 2. The molecule has 3 rings (SSSR count). The molecule has 0 saturated carbocycles. The maximum Gasteiger partial charge on any atom is 0.328 e. The summed E-state index contributed by atoms with van der Waals surface area (Å²) in [5.41, 5.74) is 0.0364. The van der Waals surface area contributed by atoms with Crippen LogP contribution in [0.2, 0.25) is 5.02 Å². The molecular weight excluding hydrogens is 356 g/mol. The van der Waals surface area contributed by atoms with E-state index in [1.54, 1.807) is 32.0 Å². The lowest BCUT2D eigenvalue weighted by Gasteiger charge is -2.21. The van der Waals surface area contributed by atoms with Gasteiger partial charge in [0.1, 0.15) is 0 Å². The van der Waals surface area contributed by atoms with E-state index in [1.165, 1.54) is 11.1 Å². The largest absolute Gasteiger partial charge is 0.328 e. The molecule has 1 aliphatic heterocycles. The number of para-hydroxylation sites is 1. The molecule has 0 saturated heterocycles. The Hall–Kier alpha value is -2.90. The molecule has 1 aliphatic rings. The third-order valence-corrected chi connectivity index (χ3v) is 3.77. The molecule has 8 heteroatoms. The van der Waals surface area contributed by atoms with Gasteiger partial charge in [0.15, 0.2) is 5.72 Å². The van der Waals surface area contributed by atoms with Gasteiger partial charge in [0, 0.05) is 0 Å². The smallest absolute Gasteiger partial charge is 0.276 e. The van der Waals surface area contributed by atoms with Crippen molar-refractivity contribution in [3.8, 4) is 0 Å². The van der Waals surface area contributed by atoms with Gasteiger partial charge >= 0.3 is 6.03 Å². The average molecular weight is 373 g/mol. The van der Waals surface area contributed by atoms with E-state index in [-0.39, 0.29) is 16.5 Å². The number of halogens is 1. The minimum absolute atomic E-state index is 0.172. The van der Waals surface area contributed by atoms with Crippen LogP contribution >= 0.6 is 11.6 Å². The molecule has 7 nitrogen and oxygen atoms in total. The molecule has 0 bridgehead atoms. The number of aliphatic imine (C=N–C) groups is 1. The molecule has 0 unspecified atom stereocenters. The third-order valence-electron chi connectivity index (χ3n) is 3.44. The number of hydrogen-bond donors (Lipinski definition) is 2. The standard InChI is InChI=1S/C18H17ClN4O3/c1-18(2)22-16(23(26-18)12-8-4-3-5-9-12)21-17(25)20-15(24)13-10-6-7-11-14(13)19/h3-11H,1-2H3,(H2,20,21,22,24,25). The number of rotatable bonds is 2. The van der Waals surface area contributed by atoms with Gasteiger partial charge in [-0.1, -0.05) is 41.9 Å². The molecule has 3 amide bonds. The highest BCUT2D eigenvalue weighted by atomic mass is 35.5. The molecule has 0 aromatic heterocycles. The number of benzene rings is 2. The van der Waals surface area contributed by atoms with Crippen LogP contribution in [0.1, 0.15) is 24.2 Å². The fraction of sp³-hybridized carbons (Fsp3) is 0.167. The minimum Gasteiger partial charge on any atom is -0.276 e. The summed E-state index contributed by atoms with van der Waals surface area (Å²) in [4.78, 5) is 34.5. The Bertz CT molecular complexity index is 868. The van der Waals surface area contributed by atoms with E-state index in [1.807, 2.05) is 30.3 Å². The maximum atomic E-state index is 12.2. The number of anilines is 1. The van der Waals surface area contributed by atoms with Crippen molar-refractivity contribution >= 4 is 35.2 Å². The van der Waals surface area contributed by atoms with Gasteiger partial charge < -0.3 is 0 Å². The molecule has 0 aliphatic carbocycles. The number of carbonyl (C=O) groups is 2. The van der Waals surface area contributed by atoms with Crippen LogP contribution in [-0.4, -0.2) is 23.6 Å². The van der Waals surface area contributed by atoms with Crippen molar-refractivity contribution < 1.29 is 14.4 Å². The number of amides is 3. The summed E-state index contributed by atoms with van der Waals surface area (Å²) in [6.07, 6.45) is 0. The molecule has 2 aromatic rings. The Morgan fingerprint density at radius 3 is 2.42 bits per heavy atom. The molecule has 26 heavy (non-hydrogen) atoms. The quantitative estimate of drug-likeness (QED) is 0.847. The number of hydrogen-bond acceptors (Lipinski definition) is 5. The normalized spacial score (nSPS) is 15.3. The van der Waals surface area contributed by atoms with Crippen LogP contribution in [0.25, 0.3) is 0 Å². The summed E-state index contributed by atoms with van der Waals surface area (Å²) in [5.74, 6) is -0.441. The molecule has 0 spiro atoms. The van der Waals surface area contributed by atoms with Crippen molar-refractivity contribution in [2.24, 2.45) is 4.99 Å². The maximum absolute atomic E-state index is 12.2. The topological polar surface area (TPSA) is 83.0 Å². The van der Waals surface area contributed by atoms with Crippen LogP contribution in [0.3, 0.4) is 0 Å². The molecular formula is C18H17ClN4O3. The molecule has 1 heterocycles. The van der Waals surface area contributed by atoms with Crippen LogP contribution in [0.15, 0.2) is 59.6 Å². The Kier molecular flexibility index (Phi) is 4.92. The predicted molar refractivity (Wildman–Crippen MR) is 99.0 cm³/mol. The number of urea groups is 1. The Morgan fingerprint density at radius 2 is 1.73 bits per heavy atom. The van der Waals surface area contributed by atoms with Crippen molar-refractivity contribution in [3.05, 3.63) is 65.2 Å². The van der Waals surface area contributed by atoms with Crippen molar-refractivity contribution in [2.75, 3.05) is 5.06 Å². The lowest BCUT2D eigenvalue weighted by atomic mass is 10.2. The van der Waals surface area contributed by atoms with E-state index in [9.17, 15) is 9.59 Å². The highest BCUT2D eigenvalue weighted by molar-refractivity contribution is 6.34. The zero-order valence-electron chi connectivity index (χ0n) is 14.2. The second kappa shape index (κ2) is 7.15. The van der Waals surface area contributed by atoms with Crippen LogP contribution in [0, 0.1) is 0 Å². The van der Waals surface area contributed by atoms with E-state index < -0.39 is 17.7 Å². The first kappa shape index (κ1) is 17.9. The number of guanidine groups is 1. The lowest BCUT2D eigenvalue weighted by Crippen LogP contribution is -2.47. The number of carbonyl (C=O) groups excluding carboxylic acids is 2. The Labute approximate surface area is 155 Å². The lowest BCUT2D eigenvalue weighted by molar-refractivity contribution is 0.0141. The van der Waals surface area contributed by atoms with E-state index in [2.05, 4.69) is 15.6 Å². The molecule has 0 fully saturated rings. The SMILES string of the molecule is CC1(C)N=C(NC(=O)NC(=O)c2ccccc2Cl)N(c2ccccc2)O1. The van der Waals surface area contributed by atoms with Gasteiger partial charge in [-0.15, -0.1) is 0 Å². The first-order valence-electron chi connectivity index (χ1n) is 7.87. The second-order valence-electron chi connectivity index (χ2n) is 5.99. The fourth-order valence-corrected chi connectivity index (χ4v) is 2.57. The predicted octanol–water partition coefficient (Wildman–Crippen LogP) is 3.32. The second-order valence-corrected chi connectivity index (χ2v) is 6.40. The monoisotopic (exact) mass is 372 g/mol. The number of nitrogens with one attached hydrogen (secondary N) is 2. The van der Waals surface area contributed by atoms with Gasteiger partial charge in [0.25, 0.3) is 5.91 Å². The molecule has 0 atom stereocenters. The number of imide groups is 1. The van der Waals surface area contributed by atoms with Crippen molar-refractivity contribution in [1.82, 2.24) is 10.6 Å². The summed E-state index contributed by atoms with van der Waals surface area (Å²) in [6.45, 7) is 3.51. The average Bonchev–Trinajstić information content (AvgIpc) is 2.90. The van der Waals surface area contributed by atoms with Gasteiger partial charge in [0.05, 0.1) is 16.3 Å². The van der Waals surface area contributed by atoms with Crippen molar-refractivity contribution in [3.63, 3.8) is 0 Å². The molecule has 134 valence electrons. The van der Waals surface area contributed by atoms with Gasteiger partial charge in [-0.2, -0.15) is 5.06 Å². The van der Waals surface area contributed by atoms with E-state index in [0.29, 0.717) is 5.69 Å². The summed E-state index contributed by atoms with van der Waals surface area (Å²) in [5, 5.41) is 6.43. The van der Waals surface area contributed by atoms with E-state index in [0.717, 1.165) is 0 Å². The number of hydroxylamine groups is 1. The highest BCUT2D eigenvalue weighted by Gasteiger charge is 2.34. The summed E-state index contributed by atoms with van der Waals surface area (Å²) >= 11 is 5.97. The Balaban J connectivity index is 1.73. The Morgan fingerprint density at radius 1 is 1.08 bits per heavy atom. The van der Waals surface area contributed by atoms with E-state index >= 15 is 0 Å². The molecule has 2 aromatic carbocycles.